The second-order valence-corrected chi connectivity index (χ2v) is 8.26. The molecule has 1 aliphatic rings. The van der Waals surface area contributed by atoms with Crippen molar-refractivity contribution in [1.29, 1.82) is 5.26 Å². The van der Waals surface area contributed by atoms with E-state index in [9.17, 15) is 19.8 Å². The highest BCUT2D eigenvalue weighted by molar-refractivity contribution is 5.96. The lowest BCUT2D eigenvalue weighted by atomic mass is 10.0. The van der Waals surface area contributed by atoms with Gasteiger partial charge in [-0.05, 0) is 23.8 Å². The zero-order chi connectivity index (χ0) is 23.4. The third-order valence-electron chi connectivity index (χ3n) is 6.19. The smallest absolute Gasteiger partial charge is 0.335 e. The summed E-state index contributed by atoms with van der Waals surface area (Å²) in [5.41, 5.74) is 2.60. The van der Waals surface area contributed by atoms with Gasteiger partial charge in [-0.25, -0.2) is 4.79 Å². The van der Waals surface area contributed by atoms with E-state index in [2.05, 4.69) is 11.0 Å². The van der Waals surface area contributed by atoms with Crippen LogP contribution in [-0.2, 0) is 11.3 Å². The summed E-state index contributed by atoms with van der Waals surface area (Å²) in [6.45, 7) is 3.74. The molecule has 33 heavy (non-hydrogen) atoms. The Morgan fingerprint density at radius 1 is 1.03 bits per heavy atom. The summed E-state index contributed by atoms with van der Waals surface area (Å²) in [6, 6.07) is 16.0. The SMILES string of the molecule is N#CCCN1CCN(C(C(=O)O)c2cn(Cc3ccccc3)c3ccc(C(=O)O)cc23)CC1. The Hall–Kier alpha value is -3.67. The maximum absolute atomic E-state index is 12.5. The Labute approximate surface area is 191 Å². The molecule has 2 heterocycles. The summed E-state index contributed by atoms with van der Waals surface area (Å²) in [4.78, 5) is 28.2. The van der Waals surface area contributed by atoms with Crippen molar-refractivity contribution in [3.05, 3.63) is 71.4 Å². The van der Waals surface area contributed by atoms with Gasteiger partial charge in [-0.3, -0.25) is 14.6 Å². The fourth-order valence-electron chi connectivity index (χ4n) is 4.53. The molecule has 1 atom stereocenters. The Balaban J connectivity index is 1.72. The van der Waals surface area contributed by atoms with Crippen LogP contribution >= 0.6 is 0 Å². The number of carbonyl (C=O) groups is 2. The topological polar surface area (TPSA) is 110 Å². The first-order valence-electron chi connectivity index (χ1n) is 10.9. The molecule has 4 rings (SSSR count). The molecule has 0 amide bonds. The largest absolute Gasteiger partial charge is 0.480 e. The third-order valence-corrected chi connectivity index (χ3v) is 6.19. The minimum absolute atomic E-state index is 0.131. The summed E-state index contributed by atoms with van der Waals surface area (Å²) in [6.07, 6.45) is 2.30. The van der Waals surface area contributed by atoms with Gasteiger partial charge in [0.2, 0.25) is 0 Å². The number of nitriles is 1. The van der Waals surface area contributed by atoms with Crippen molar-refractivity contribution in [2.75, 3.05) is 32.7 Å². The monoisotopic (exact) mass is 446 g/mol. The van der Waals surface area contributed by atoms with E-state index >= 15 is 0 Å². The van der Waals surface area contributed by atoms with Gasteiger partial charge < -0.3 is 14.8 Å². The molecule has 1 fully saturated rings. The fraction of sp³-hybridized carbons (Fsp3) is 0.320. The van der Waals surface area contributed by atoms with Crippen LogP contribution in [0.4, 0.5) is 0 Å². The third kappa shape index (κ3) is 4.90. The highest BCUT2D eigenvalue weighted by Gasteiger charge is 2.33. The van der Waals surface area contributed by atoms with Crippen LogP contribution in [0.3, 0.4) is 0 Å². The van der Waals surface area contributed by atoms with E-state index in [0.717, 1.165) is 11.1 Å². The first kappa shape index (κ1) is 22.5. The molecule has 0 radical (unpaired) electrons. The minimum atomic E-state index is -1.04. The Morgan fingerprint density at radius 3 is 2.39 bits per heavy atom. The van der Waals surface area contributed by atoms with Gasteiger partial charge in [-0.1, -0.05) is 30.3 Å². The number of aliphatic carboxylic acids is 1. The van der Waals surface area contributed by atoms with Crippen LogP contribution < -0.4 is 0 Å². The summed E-state index contributed by atoms with van der Waals surface area (Å²) in [5, 5.41) is 29.2. The molecule has 8 nitrogen and oxygen atoms in total. The van der Waals surface area contributed by atoms with Crippen LogP contribution in [0.2, 0.25) is 0 Å². The van der Waals surface area contributed by atoms with Crippen molar-refractivity contribution in [2.45, 2.75) is 19.0 Å². The van der Waals surface area contributed by atoms with E-state index in [1.165, 1.54) is 0 Å². The number of carboxylic acids is 2. The molecular formula is C25H26N4O4. The molecule has 0 saturated carbocycles. The summed E-state index contributed by atoms with van der Waals surface area (Å²) in [5.74, 6) is -2.00. The Kier molecular flexibility index (Phi) is 6.73. The standard InChI is InChI=1S/C25H26N4O4/c26-9-4-10-27-11-13-28(14-12-27)23(25(32)33)21-17-29(16-18-5-2-1-3-6-18)22-8-7-19(24(30)31)15-20(21)22/h1-3,5-8,15,17,23H,4,10-14,16H2,(H,30,31)(H,32,33). The molecule has 1 aromatic heterocycles. The van der Waals surface area contributed by atoms with Gasteiger partial charge in [0.05, 0.1) is 11.6 Å². The number of piperazine rings is 1. The van der Waals surface area contributed by atoms with Gasteiger partial charge in [0.1, 0.15) is 6.04 Å². The predicted octanol–water partition coefficient (Wildman–Crippen LogP) is 3.04. The number of carboxylic acid groups (broad SMARTS) is 2. The maximum atomic E-state index is 12.5. The molecule has 0 aliphatic carbocycles. The van der Waals surface area contributed by atoms with Crippen LogP contribution in [0, 0.1) is 11.3 Å². The average molecular weight is 447 g/mol. The zero-order valence-corrected chi connectivity index (χ0v) is 18.2. The van der Waals surface area contributed by atoms with Gasteiger partial charge in [-0.2, -0.15) is 5.26 Å². The number of fused-ring (bicyclic) bond motifs is 1. The fourth-order valence-corrected chi connectivity index (χ4v) is 4.53. The second kappa shape index (κ2) is 9.86. The number of aromatic carboxylic acids is 1. The molecule has 2 aromatic carbocycles. The van der Waals surface area contributed by atoms with Crippen LogP contribution in [0.1, 0.15) is 33.9 Å². The van der Waals surface area contributed by atoms with Crippen molar-refractivity contribution in [2.24, 2.45) is 0 Å². The molecule has 1 saturated heterocycles. The molecule has 3 aromatic rings. The lowest BCUT2D eigenvalue weighted by Crippen LogP contribution is -2.49. The first-order chi connectivity index (χ1) is 16.0. The summed E-state index contributed by atoms with van der Waals surface area (Å²) >= 11 is 0. The molecule has 0 spiro atoms. The number of nitrogens with zero attached hydrogens (tertiary/aromatic N) is 4. The van der Waals surface area contributed by atoms with E-state index in [4.69, 9.17) is 5.26 Å². The number of aromatic nitrogens is 1. The van der Waals surface area contributed by atoms with Gasteiger partial charge in [0, 0.05) is 68.4 Å². The number of hydrogen-bond acceptors (Lipinski definition) is 5. The van der Waals surface area contributed by atoms with Crippen LogP contribution in [0.5, 0.6) is 0 Å². The lowest BCUT2D eigenvalue weighted by molar-refractivity contribution is -0.144. The van der Waals surface area contributed by atoms with Crippen molar-refractivity contribution in [1.82, 2.24) is 14.4 Å². The van der Waals surface area contributed by atoms with Crippen LogP contribution in [-0.4, -0.2) is 69.2 Å². The molecule has 2 N–H and O–H groups in total. The summed E-state index contributed by atoms with van der Waals surface area (Å²) in [7, 11) is 0. The van der Waals surface area contributed by atoms with E-state index in [-0.39, 0.29) is 5.56 Å². The summed E-state index contributed by atoms with van der Waals surface area (Å²) < 4.78 is 1.99. The average Bonchev–Trinajstić information content (AvgIpc) is 3.16. The zero-order valence-electron chi connectivity index (χ0n) is 18.2. The molecule has 0 bridgehead atoms. The molecule has 170 valence electrons. The lowest BCUT2D eigenvalue weighted by Gasteiger charge is -2.37. The van der Waals surface area contributed by atoms with E-state index < -0.39 is 18.0 Å². The van der Waals surface area contributed by atoms with E-state index in [1.54, 1.807) is 18.2 Å². The molecular weight excluding hydrogens is 420 g/mol. The maximum Gasteiger partial charge on any atom is 0.335 e. The van der Waals surface area contributed by atoms with Crippen LogP contribution in [0.25, 0.3) is 10.9 Å². The van der Waals surface area contributed by atoms with Gasteiger partial charge >= 0.3 is 11.9 Å². The Morgan fingerprint density at radius 2 is 1.76 bits per heavy atom. The first-order valence-corrected chi connectivity index (χ1v) is 10.9. The number of rotatable bonds is 8. The van der Waals surface area contributed by atoms with Crippen LogP contribution in [0.15, 0.2) is 54.7 Å². The van der Waals surface area contributed by atoms with Gasteiger partial charge in [0.15, 0.2) is 0 Å². The van der Waals surface area contributed by atoms with Gasteiger partial charge in [-0.15, -0.1) is 0 Å². The number of hydrogen-bond donors (Lipinski definition) is 2. The second-order valence-electron chi connectivity index (χ2n) is 8.26. The van der Waals surface area contributed by atoms with Crippen molar-refractivity contribution in [3.8, 4) is 6.07 Å². The molecule has 1 unspecified atom stereocenters. The van der Waals surface area contributed by atoms with Gasteiger partial charge in [0.25, 0.3) is 0 Å². The van der Waals surface area contributed by atoms with Crippen molar-refractivity contribution >= 4 is 22.8 Å². The molecule has 8 heteroatoms. The highest BCUT2D eigenvalue weighted by Crippen LogP contribution is 2.32. The highest BCUT2D eigenvalue weighted by atomic mass is 16.4. The Bertz CT molecular complexity index is 1190. The van der Waals surface area contributed by atoms with E-state index in [0.29, 0.717) is 56.6 Å². The number of benzene rings is 2. The van der Waals surface area contributed by atoms with E-state index in [1.807, 2.05) is 46.0 Å². The quantitative estimate of drug-likeness (QED) is 0.547. The van der Waals surface area contributed by atoms with Crippen molar-refractivity contribution in [3.63, 3.8) is 0 Å². The predicted molar refractivity (Wildman–Crippen MR) is 123 cm³/mol. The normalized spacial score (nSPS) is 15.8. The molecule has 1 aliphatic heterocycles. The van der Waals surface area contributed by atoms with Crippen molar-refractivity contribution < 1.29 is 19.8 Å². The minimum Gasteiger partial charge on any atom is -0.480 e.